The fourth-order valence-electron chi connectivity index (χ4n) is 4.65. The van der Waals surface area contributed by atoms with E-state index in [2.05, 4.69) is 20.5 Å². The Labute approximate surface area is 292 Å². The van der Waals surface area contributed by atoms with E-state index in [0.717, 1.165) is 18.2 Å². The van der Waals surface area contributed by atoms with E-state index in [1.165, 1.54) is 24.3 Å². The van der Waals surface area contributed by atoms with Crippen LogP contribution in [0.2, 0.25) is 0 Å². The molecule has 0 bridgehead atoms. The van der Waals surface area contributed by atoms with Gasteiger partial charge < -0.3 is 15.9 Å². The van der Waals surface area contributed by atoms with Crippen LogP contribution in [-0.4, -0.2) is 62.1 Å². The van der Waals surface area contributed by atoms with E-state index >= 15 is 0 Å². The van der Waals surface area contributed by atoms with E-state index in [1.807, 2.05) is 0 Å². The molecule has 267 valence electrons. The molecule has 8 N–H and O–H groups in total. The van der Waals surface area contributed by atoms with Gasteiger partial charge in [0.15, 0.2) is 5.75 Å². The van der Waals surface area contributed by atoms with Gasteiger partial charge >= 0.3 is 0 Å². The Hall–Kier alpha value is -4.62. The zero-order valence-corrected chi connectivity index (χ0v) is 28.3. The van der Waals surface area contributed by atoms with Crippen LogP contribution in [0.1, 0.15) is 0 Å². The summed E-state index contributed by atoms with van der Waals surface area (Å²) in [6, 6.07) is 11.0. The van der Waals surface area contributed by atoms with Crippen LogP contribution in [0.4, 0.5) is 28.4 Å². The second kappa shape index (κ2) is 13.3. The van der Waals surface area contributed by atoms with Crippen molar-refractivity contribution in [1.82, 2.24) is 0 Å². The van der Waals surface area contributed by atoms with Crippen molar-refractivity contribution in [3.63, 3.8) is 0 Å². The number of fused-ring (bicyclic) bond motifs is 2. The Morgan fingerprint density at radius 2 is 1.08 bits per heavy atom. The van der Waals surface area contributed by atoms with Crippen LogP contribution in [0.3, 0.4) is 0 Å². The second-order valence-electron chi connectivity index (χ2n) is 9.92. The summed E-state index contributed by atoms with van der Waals surface area (Å²) in [5, 5.41) is 35.8. The number of phenols is 2. The molecule has 19 nitrogen and oxygen atoms in total. The number of benzene rings is 5. The number of nitrogen functional groups attached to an aromatic ring is 1. The average molecular weight is 817 g/mol. The van der Waals surface area contributed by atoms with Crippen molar-refractivity contribution >= 4 is 90.5 Å². The van der Waals surface area contributed by atoms with Gasteiger partial charge in [-0.1, -0.05) is 24.3 Å². The SMILES string of the molecule is Nc1cc(S(=O)(=O)O)c2c(O)c(N=Nc3c(O)cc(N=Nc4cc(S(=O)(=O)O)ccc4S(=O)(=O)O)c4ccccc34)cc(S(=O)(=O)O)c2c1.[Cu]. The van der Waals surface area contributed by atoms with Crippen molar-refractivity contribution in [2.24, 2.45) is 20.5 Å². The topological polar surface area (TPSA) is 333 Å². The van der Waals surface area contributed by atoms with Crippen LogP contribution in [0.25, 0.3) is 21.5 Å². The van der Waals surface area contributed by atoms with Crippen molar-refractivity contribution < 1.29 is 79.2 Å². The molecule has 5 aromatic rings. The van der Waals surface area contributed by atoms with E-state index in [9.17, 15) is 62.1 Å². The Bertz CT molecular complexity index is 2760. The first kappa shape index (κ1) is 38.2. The Kier molecular flexibility index (Phi) is 10.1. The third-order valence-electron chi connectivity index (χ3n) is 6.70. The zero-order valence-electron chi connectivity index (χ0n) is 24.1. The van der Waals surface area contributed by atoms with Gasteiger partial charge in [0, 0.05) is 50.4 Å². The van der Waals surface area contributed by atoms with Gasteiger partial charge in [-0.3, -0.25) is 18.2 Å². The third kappa shape index (κ3) is 7.58. The molecular formula is C26H19CuN5O14S4. The van der Waals surface area contributed by atoms with E-state index in [1.54, 1.807) is 0 Å². The normalized spacial score (nSPS) is 13.0. The maximum Gasteiger partial charge on any atom is 0.296 e. The number of nitrogens with zero attached hydrogens (tertiary/aromatic N) is 4. The Morgan fingerprint density at radius 1 is 0.520 bits per heavy atom. The van der Waals surface area contributed by atoms with Gasteiger partial charge in [-0.2, -0.15) is 33.7 Å². The number of azo groups is 2. The van der Waals surface area contributed by atoms with Gasteiger partial charge in [-0.15, -0.1) is 20.5 Å². The molecule has 0 heterocycles. The number of hydrogen-bond acceptors (Lipinski definition) is 15. The Morgan fingerprint density at radius 3 is 1.66 bits per heavy atom. The summed E-state index contributed by atoms with van der Waals surface area (Å²) >= 11 is 0. The van der Waals surface area contributed by atoms with E-state index in [-0.39, 0.29) is 44.9 Å². The van der Waals surface area contributed by atoms with Gasteiger partial charge in [-0.25, -0.2) is 0 Å². The summed E-state index contributed by atoms with van der Waals surface area (Å²) in [6.07, 6.45) is 0. The van der Waals surface area contributed by atoms with E-state index < -0.39 is 93.7 Å². The molecule has 0 aliphatic rings. The molecule has 0 amide bonds. The van der Waals surface area contributed by atoms with Crippen LogP contribution < -0.4 is 5.73 Å². The molecule has 0 unspecified atom stereocenters. The molecule has 5 aromatic carbocycles. The van der Waals surface area contributed by atoms with Crippen LogP contribution in [0.5, 0.6) is 11.5 Å². The largest absolute Gasteiger partial charge is 0.506 e. The maximum absolute atomic E-state index is 12.2. The fourth-order valence-corrected chi connectivity index (χ4v) is 7.20. The van der Waals surface area contributed by atoms with Crippen molar-refractivity contribution in [2.45, 2.75) is 19.6 Å². The van der Waals surface area contributed by atoms with Crippen LogP contribution in [-0.2, 0) is 57.5 Å². The smallest absolute Gasteiger partial charge is 0.296 e. The van der Waals surface area contributed by atoms with Crippen LogP contribution in [0, 0.1) is 0 Å². The quantitative estimate of drug-likeness (QED) is 0.0478. The number of phenolic OH excluding ortho intramolecular Hbond substituents is 2. The van der Waals surface area contributed by atoms with Gasteiger partial charge in [0.05, 0.1) is 10.6 Å². The fraction of sp³-hybridized carbons (Fsp3) is 0. The maximum atomic E-state index is 12.2. The molecule has 0 aromatic heterocycles. The minimum atomic E-state index is -5.15. The first-order chi connectivity index (χ1) is 22.6. The molecule has 50 heavy (non-hydrogen) atoms. The standard InChI is InChI=1S/C26H19N5O14S4.Cu/c27-12-7-16-22(48(40,41)42)11-19(26(33)24(16)23(8-12)49(43,44)45)30-31-25-15-4-2-1-3-14(15)17(10-20(25)32)28-29-18-9-13(46(34,35)36)5-6-21(18)47(37,38)39;/h1-11,32-33H,27H2,(H,34,35,36)(H,37,38,39)(H,40,41,42)(H,43,44,45);. The molecule has 0 aliphatic heterocycles. The summed E-state index contributed by atoms with van der Waals surface area (Å²) in [5.74, 6) is -1.71. The number of rotatable bonds is 8. The number of nitrogens with two attached hydrogens (primary N) is 1. The second-order valence-corrected chi connectivity index (χ2v) is 15.5. The van der Waals surface area contributed by atoms with Gasteiger partial charge in [-0.05, 0) is 36.4 Å². The minimum absolute atomic E-state index is 0. The first-order valence-corrected chi connectivity index (χ1v) is 18.5. The molecule has 0 fully saturated rings. The van der Waals surface area contributed by atoms with Gasteiger partial charge in [0.1, 0.15) is 37.5 Å². The summed E-state index contributed by atoms with van der Waals surface area (Å²) < 4.78 is 134. The third-order valence-corrected chi connectivity index (χ3v) is 10.2. The molecule has 1 radical (unpaired) electrons. The number of aromatic hydroxyl groups is 2. The van der Waals surface area contributed by atoms with Crippen molar-refractivity contribution in [1.29, 1.82) is 0 Å². The van der Waals surface area contributed by atoms with Crippen LogP contribution >= 0.6 is 0 Å². The molecule has 0 atom stereocenters. The van der Waals surface area contributed by atoms with Gasteiger partial charge in [0.25, 0.3) is 40.5 Å². The van der Waals surface area contributed by atoms with Crippen molar-refractivity contribution in [3.8, 4) is 11.5 Å². The minimum Gasteiger partial charge on any atom is -0.506 e. The van der Waals surface area contributed by atoms with Crippen molar-refractivity contribution in [3.05, 3.63) is 66.7 Å². The predicted octanol–water partition coefficient (Wildman–Crippen LogP) is 4.80. The average Bonchev–Trinajstić information content (AvgIpc) is 2.97. The van der Waals surface area contributed by atoms with Gasteiger partial charge in [0.2, 0.25) is 0 Å². The first-order valence-electron chi connectivity index (χ1n) is 12.8. The summed E-state index contributed by atoms with van der Waals surface area (Å²) in [5.41, 5.74) is 3.31. The van der Waals surface area contributed by atoms with Crippen molar-refractivity contribution in [2.75, 3.05) is 5.73 Å². The number of anilines is 1. The van der Waals surface area contributed by atoms with E-state index in [4.69, 9.17) is 5.73 Å². The number of hydrogen-bond donors (Lipinski definition) is 7. The molecule has 0 saturated carbocycles. The summed E-state index contributed by atoms with van der Waals surface area (Å²) in [7, 11) is -20.1. The molecule has 0 aliphatic carbocycles. The van der Waals surface area contributed by atoms with E-state index in [0.29, 0.717) is 24.3 Å². The molecule has 0 spiro atoms. The molecule has 24 heteroatoms. The monoisotopic (exact) mass is 816 g/mol. The van der Waals surface area contributed by atoms with Crippen LogP contribution in [0.15, 0.2) is 107 Å². The molecule has 5 rings (SSSR count). The summed E-state index contributed by atoms with van der Waals surface area (Å²) in [6.45, 7) is 0. The predicted molar refractivity (Wildman–Crippen MR) is 170 cm³/mol. The molecule has 0 saturated heterocycles. The Balaban J connectivity index is 0.00000562. The molecular weight excluding hydrogens is 798 g/mol. The zero-order chi connectivity index (χ0) is 36.3. The summed E-state index contributed by atoms with van der Waals surface area (Å²) in [4.78, 5) is -3.65.